The molecule has 0 amide bonds. The molecule has 0 unspecified atom stereocenters. The summed E-state index contributed by atoms with van der Waals surface area (Å²) in [6, 6.07) is 8.27. The molecule has 0 spiro atoms. The average molecular weight is 456 g/mol. The Hall–Kier alpha value is -2.06. The fourth-order valence-electron chi connectivity index (χ4n) is 3.00. The third kappa shape index (κ3) is 4.43. The monoisotopic (exact) mass is 455 g/mol. The fraction of sp³-hybridized carbons (Fsp3) is 0.250. The SMILES string of the molecule is CCOC(=O)C1=C(C)Oc2c(Cl)cc(Cl)cc2[C@H]1NS(=O)(=O)c1ccc(C)cc1. The Kier molecular flexibility index (Phi) is 6.24. The molecule has 1 aliphatic rings. The average Bonchev–Trinajstić information content (AvgIpc) is 2.63. The van der Waals surface area contributed by atoms with Crippen LogP contribution in [0.3, 0.4) is 0 Å². The third-order valence-corrected chi connectivity index (χ3v) is 6.31. The van der Waals surface area contributed by atoms with Gasteiger partial charge in [0, 0.05) is 10.6 Å². The van der Waals surface area contributed by atoms with Crippen LogP contribution in [-0.4, -0.2) is 21.0 Å². The number of hydrogen-bond donors (Lipinski definition) is 1. The lowest BCUT2D eigenvalue weighted by molar-refractivity contribution is -0.139. The molecule has 0 fully saturated rings. The van der Waals surface area contributed by atoms with E-state index in [1.807, 2.05) is 6.92 Å². The van der Waals surface area contributed by atoms with Crippen LogP contribution in [0.5, 0.6) is 5.75 Å². The number of carbonyl (C=O) groups excluding carboxylic acids is 1. The molecule has 0 aromatic heterocycles. The van der Waals surface area contributed by atoms with E-state index >= 15 is 0 Å². The van der Waals surface area contributed by atoms with E-state index < -0.39 is 22.0 Å². The maximum atomic E-state index is 13.0. The summed E-state index contributed by atoms with van der Waals surface area (Å²) in [5, 5.41) is 0.480. The summed E-state index contributed by atoms with van der Waals surface area (Å²) < 4.78 is 39.5. The number of hydrogen-bond acceptors (Lipinski definition) is 5. The van der Waals surface area contributed by atoms with Gasteiger partial charge in [-0.25, -0.2) is 13.2 Å². The number of ether oxygens (including phenoxy) is 2. The standard InChI is InChI=1S/C20H19Cl2NO5S/c1-4-27-20(24)17-12(3)28-19-15(9-13(21)10-16(19)22)18(17)23-29(25,26)14-7-5-11(2)6-8-14/h5-10,18,23H,4H2,1-3H3/t18-/m1/s1. The summed E-state index contributed by atoms with van der Waals surface area (Å²) in [7, 11) is -3.98. The number of allylic oxidation sites excluding steroid dienone is 1. The zero-order valence-electron chi connectivity index (χ0n) is 16.0. The number of sulfonamides is 1. The van der Waals surface area contributed by atoms with Crippen LogP contribution in [0, 0.1) is 6.92 Å². The van der Waals surface area contributed by atoms with Gasteiger partial charge in [-0.05, 0) is 45.0 Å². The normalized spacial score (nSPS) is 16.2. The minimum atomic E-state index is -3.98. The second-order valence-corrected chi connectivity index (χ2v) is 9.02. The molecule has 1 heterocycles. The van der Waals surface area contributed by atoms with Gasteiger partial charge in [0.05, 0.1) is 28.1 Å². The Morgan fingerprint density at radius 1 is 1.17 bits per heavy atom. The molecule has 6 nitrogen and oxygen atoms in total. The quantitative estimate of drug-likeness (QED) is 0.668. The molecule has 29 heavy (non-hydrogen) atoms. The van der Waals surface area contributed by atoms with Crippen LogP contribution in [-0.2, 0) is 19.6 Å². The second-order valence-electron chi connectivity index (χ2n) is 6.47. The lowest BCUT2D eigenvalue weighted by Gasteiger charge is -2.29. The van der Waals surface area contributed by atoms with E-state index in [9.17, 15) is 13.2 Å². The highest BCUT2D eigenvalue weighted by Gasteiger charge is 2.37. The summed E-state index contributed by atoms with van der Waals surface area (Å²) >= 11 is 12.4. The zero-order valence-corrected chi connectivity index (χ0v) is 18.3. The van der Waals surface area contributed by atoms with Crippen molar-refractivity contribution < 1.29 is 22.7 Å². The lowest BCUT2D eigenvalue weighted by atomic mass is 9.95. The summed E-state index contributed by atoms with van der Waals surface area (Å²) in [6.07, 6.45) is 0. The first-order valence-corrected chi connectivity index (χ1v) is 11.0. The van der Waals surface area contributed by atoms with Gasteiger partial charge in [-0.1, -0.05) is 40.9 Å². The van der Waals surface area contributed by atoms with Crippen molar-refractivity contribution in [3.8, 4) is 5.75 Å². The number of nitrogens with one attached hydrogen (secondary N) is 1. The molecule has 0 bridgehead atoms. The van der Waals surface area contributed by atoms with Gasteiger partial charge in [-0.3, -0.25) is 0 Å². The minimum absolute atomic E-state index is 0.0355. The predicted octanol–water partition coefficient (Wildman–Crippen LogP) is 4.55. The van der Waals surface area contributed by atoms with Gasteiger partial charge in [-0.15, -0.1) is 0 Å². The van der Waals surface area contributed by atoms with Gasteiger partial charge in [-0.2, -0.15) is 4.72 Å². The number of fused-ring (bicyclic) bond motifs is 1. The first-order chi connectivity index (χ1) is 13.6. The van der Waals surface area contributed by atoms with E-state index in [1.54, 1.807) is 26.0 Å². The Morgan fingerprint density at radius 2 is 1.83 bits per heavy atom. The highest BCUT2D eigenvalue weighted by atomic mass is 35.5. The van der Waals surface area contributed by atoms with Gasteiger partial charge >= 0.3 is 5.97 Å². The molecule has 0 radical (unpaired) electrons. The summed E-state index contributed by atoms with van der Waals surface area (Å²) in [5.41, 5.74) is 1.28. The van der Waals surface area contributed by atoms with Crippen LogP contribution < -0.4 is 9.46 Å². The zero-order chi connectivity index (χ0) is 21.3. The van der Waals surface area contributed by atoms with Crippen LogP contribution in [0.1, 0.15) is 31.0 Å². The summed E-state index contributed by atoms with van der Waals surface area (Å²) in [6.45, 7) is 5.18. The van der Waals surface area contributed by atoms with Crippen molar-refractivity contribution in [2.24, 2.45) is 0 Å². The number of esters is 1. The molecule has 3 rings (SSSR count). The van der Waals surface area contributed by atoms with E-state index in [0.29, 0.717) is 5.56 Å². The largest absolute Gasteiger partial charge is 0.462 e. The Bertz CT molecular complexity index is 1090. The van der Waals surface area contributed by atoms with Crippen molar-refractivity contribution >= 4 is 39.2 Å². The van der Waals surface area contributed by atoms with Gasteiger partial charge in [0.1, 0.15) is 5.76 Å². The number of aryl methyl sites for hydroxylation is 1. The Balaban J connectivity index is 2.14. The molecule has 2 aromatic rings. The molecular formula is C20H19Cl2NO5S. The number of halogens is 2. The highest BCUT2D eigenvalue weighted by molar-refractivity contribution is 7.89. The smallest absolute Gasteiger partial charge is 0.339 e. The molecule has 0 aliphatic carbocycles. The van der Waals surface area contributed by atoms with Crippen LogP contribution in [0.4, 0.5) is 0 Å². The fourth-order valence-corrected chi connectivity index (χ4v) is 4.74. The Labute approximate surface area is 179 Å². The Morgan fingerprint density at radius 3 is 2.45 bits per heavy atom. The molecule has 0 saturated carbocycles. The molecule has 1 atom stereocenters. The topological polar surface area (TPSA) is 81.7 Å². The molecule has 2 aromatic carbocycles. The molecule has 1 aliphatic heterocycles. The number of carbonyl (C=O) groups is 1. The second kappa shape index (κ2) is 8.36. The van der Waals surface area contributed by atoms with Gasteiger partial charge in [0.2, 0.25) is 10.0 Å². The predicted molar refractivity (Wildman–Crippen MR) is 111 cm³/mol. The van der Waals surface area contributed by atoms with Gasteiger partial charge < -0.3 is 9.47 Å². The van der Waals surface area contributed by atoms with Crippen molar-refractivity contribution in [2.45, 2.75) is 31.7 Å². The third-order valence-electron chi connectivity index (χ3n) is 4.37. The first kappa shape index (κ1) is 21.6. The van der Waals surface area contributed by atoms with E-state index in [1.165, 1.54) is 24.3 Å². The minimum Gasteiger partial charge on any atom is -0.462 e. The van der Waals surface area contributed by atoms with Gasteiger partial charge in [0.15, 0.2) is 5.75 Å². The van der Waals surface area contributed by atoms with E-state index in [-0.39, 0.29) is 38.6 Å². The van der Waals surface area contributed by atoms with Crippen molar-refractivity contribution in [1.82, 2.24) is 4.72 Å². The summed E-state index contributed by atoms with van der Waals surface area (Å²) in [5.74, 6) is -0.265. The van der Waals surface area contributed by atoms with Crippen molar-refractivity contribution in [2.75, 3.05) is 6.61 Å². The van der Waals surface area contributed by atoms with E-state index in [0.717, 1.165) is 5.56 Å². The maximum absolute atomic E-state index is 13.0. The van der Waals surface area contributed by atoms with Gasteiger partial charge in [0.25, 0.3) is 0 Å². The molecular weight excluding hydrogens is 437 g/mol. The molecule has 154 valence electrons. The van der Waals surface area contributed by atoms with Crippen LogP contribution in [0.2, 0.25) is 10.0 Å². The van der Waals surface area contributed by atoms with Crippen molar-refractivity contribution in [3.05, 3.63) is 68.9 Å². The van der Waals surface area contributed by atoms with Crippen LogP contribution in [0.25, 0.3) is 0 Å². The highest BCUT2D eigenvalue weighted by Crippen LogP contribution is 2.44. The number of rotatable bonds is 5. The van der Waals surface area contributed by atoms with Crippen LogP contribution >= 0.6 is 23.2 Å². The lowest BCUT2D eigenvalue weighted by Crippen LogP contribution is -2.35. The van der Waals surface area contributed by atoms with E-state index in [4.69, 9.17) is 32.7 Å². The van der Waals surface area contributed by atoms with Crippen LogP contribution in [0.15, 0.2) is 52.6 Å². The maximum Gasteiger partial charge on any atom is 0.339 e. The van der Waals surface area contributed by atoms with Crippen molar-refractivity contribution in [1.29, 1.82) is 0 Å². The van der Waals surface area contributed by atoms with Crippen molar-refractivity contribution in [3.63, 3.8) is 0 Å². The van der Waals surface area contributed by atoms with E-state index in [2.05, 4.69) is 4.72 Å². The number of benzene rings is 2. The first-order valence-electron chi connectivity index (χ1n) is 8.77. The molecule has 1 N–H and O–H groups in total. The molecule has 9 heteroatoms. The summed E-state index contributed by atoms with van der Waals surface area (Å²) in [4.78, 5) is 12.7. The molecule has 0 saturated heterocycles.